The number of hydrogen-bond acceptors (Lipinski definition) is 3. The van der Waals surface area contributed by atoms with Gasteiger partial charge in [-0.1, -0.05) is 49.2 Å². The van der Waals surface area contributed by atoms with Crippen LogP contribution in [0.15, 0.2) is 18.2 Å². The maximum atomic E-state index is 6.35. The molecule has 0 amide bonds. The van der Waals surface area contributed by atoms with Crippen LogP contribution in [0.25, 0.3) is 0 Å². The SMILES string of the molecule is CCC(CC)(C(NN)c1cccc(Cl)c1Cl)N(C)C. The predicted octanol–water partition coefficient (Wildman–Crippen LogP) is 3.62. The van der Waals surface area contributed by atoms with Gasteiger partial charge >= 0.3 is 0 Å². The van der Waals surface area contributed by atoms with Gasteiger partial charge in [0.1, 0.15) is 0 Å². The second-order valence-corrected chi connectivity index (χ2v) is 5.73. The average Bonchev–Trinajstić information content (AvgIpc) is 2.39. The third-order valence-electron chi connectivity index (χ3n) is 4.11. The lowest BCUT2D eigenvalue weighted by Crippen LogP contribution is -2.54. The van der Waals surface area contributed by atoms with Gasteiger partial charge in [-0.05, 0) is 38.6 Å². The summed E-state index contributed by atoms with van der Waals surface area (Å²) in [7, 11) is 4.13. The van der Waals surface area contributed by atoms with Crippen molar-refractivity contribution in [3.8, 4) is 0 Å². The fourth-order valence-corrected chi connectivity index (χ4v) is 3.24. The van der Waals surface area contributed by atoms with Crippen LogP contribution < -0.4 is 11.3 Å². The number of rotatable bonds is 6. The quantitative estimate of drug-likeness (QED) is 0.623. The number of nitrogens with two attached hydrogens (primary N) is 1. The van der Waals surface area contributed by atoms with Crippen LogP contribution in [0, 0.1) is 0 Å². The maximum absolute atomic E-state index is 6.35. The molecule has 5 heteroatoms. The lowest BCUT2D eigenvalue weighted by Gasteiger charge is -2.45. The molecule has 3 N–H and O–H groups in total. The van der Waals surface area contributed by atoms with Crippen LogP contribution in [0.3, 0.4) is 0 Å². The lowest BCUT2D eigenvalue weighted by molar-refractivity contribution is 0.0882. The molecule has 1 aromatic rings. The van der Waals surface area contributed by atoms with E-state index < -0.39 is 0 Å². The van der Waals surface area contributed by atoms with E-state index in [0.29, 0.717) is 10.0 Å². The zero-order chi connectivity index (χ0) is 14.6. The van der Waals surface area contributed by atoms with E-state index in [9.17, 15) is 0 Å². The van der Waals surface area contributed by atoms with Gasteiger partial charge in [0.2, 0.25) is 0 Å². The molecule has 108 valence electrons. The number of nitrogens with one attached hydrogen (secondary N) is 1. The number of nitrogens with zero attached hydrogens (tertiary/aromatic N) is 1. The van der Waals surface area contributed by atoms with Crippen LogP contribution in [0.5, 0.6) is 0 Å². The van der Waals surface area contributed by atoms with Crippen LogP contribution in [-0.2, 0) is 0 Å². The maximum Gasteiger partial charge on any atom is 0.0658 e. The van der Waals surface area contributed by atoms with Crippen molar-refractivity contribution in [2.24, 2.45) is 5.84 Å². The molecule has 1 unspecified atom stereocenters. The highest BCUT2D eigenvalue weighted by atomic mass is 35.5. The van der Waals surface area contributed by atoms with Crippen LogP contribution in [0.1, 0.15) is 38.3 Å². The summed E-state index contributed by atoms with van der Waals surface area (Å²) < 4.78 is 0. The first-order valence-electron chi connectivity index (χ1n) is 6.52. The monoisotopic (exact) mass is 303 g/mol. The smallest absolute Gasteiger partial charge is 0.0658 e. The molecule has 0 aliphatic carbocycles. The van der Waals surface area contributed by atoms with Gasteiger partial charge in [0.05, 0.1) is 16.1 Å². The average molecular weight is 304 g/mol. The first-order chi connectivity index (χ1) is 8.94. The summed E-state index contributed by atoms with van der Waals surface area (Å²) in [4.78, 5) is 2.20. The Morgan fingerprint density at radius 3 is 2.26 bits per heavy atom. The highest BCUT2D eigenvalue weighted by Crippen LogP contribution is 2.40. The fraction of sp³-hybridized carbons (Fsp3) is 0.571. The van der Waals surface area contributed by atoms with Crippen molar-refractivity contribution in [2.45, 2.75) is 38.3 Å². The van der Waals surface area contributed by atoms with Gasteiger partial charge in [-0.3, -0.25) is 11.3 Å². The van der Waals surface area contributed by atoms with E-state index in [1.54, 1.807) is 6.07 Å². The molecule has 0 saturated heterocycles. The molecular weight excluding hydrogens is 281 g/mol. The van der Waals surface area contributed by atoms with Crippen molar-refractivity contribution in [3.63, 3.8) is 0 Å². The van der Waals surface area contributed by atoms with Gasteiger partial charge in [-0.25, -0.2) is 0 Å². The Morgan fingerprint density at radius 1 is 1.26 bits per heavy atom. The summed E-state index contributed by atoms with van der Waals surface area (Å²) in [6.07, 6.45) is 1.91. The van der Waals surface area contributed by atoms with Crippen molar-refractivity contribution in [1.29, 1.82) is 0 Å². The zero-order valence-electron chi connectivity index (χ0n) is 12.0. The van der Waals surface area contributed by atoms with Crippen molar-refractivity contribution in [1.82, 2.24) is 10.3 Å². The number of likely N-dealkylation sites (N-methyl/N-ethyl adjacent to an activating group) is 1. The van der Waals surface area contributed by atoms with Gasteiger partial charge in [0.25, 0.3) is 0 Å². The molecule has 0 aliphatic rings. The number of benzene rings is 1. The van der Waals surface area contributed by atoms with Crippen molar-refractivity contribution in [3.05, 3.63) is 33.8 Å². The van der Waals surface area contributed by atoms with E-state index in [0.717, 1.165) is 18.4 Å². The third-order valence-corrected chi connectivity index (χ3v) is 4.95. The summed E-state index contributed by atoms with van der Waals surface area (Å²) in [6.45, 7) is 4.32. The van der Waals surface area contributed by atoms with E-state index >= 15 is 0 Å². The van der Waals surface area contributed by atoms with Crippen molar-refractivity contribution >= 4 is 23.2 Å². The zero-order valence-corrected chi connectivity index (χ0v) is 13.5. The van der Waals surface area contributed by atoms with Gasteiger partial charge < -0.3 is 4.90 Å². The van der Waals surface area contributed by atoms with Crippen LogP contribution in [0.2, 0.25) is 10.0 Å². The summed E-state index contributed by atoms with van der Waals surface area (Å²) in [5.74, 6) is 5.82. The fourth-order valence-electron chi connectivity index (χ4n) is 2.83. The Balaban J connectivity index is 3.36. The van der Waals surface area contributed by atoms with Gasteiger partial charge in [0, 0.05) is 5.54 Å². The topological polar surface area (TPSA) is 41.3 Å². The molecule has 3 nitrogen and oxygen atoms in total. The molecule has 0 aromatic heterocycles. The van der Waals surface area contributed by atoms with E-state index in [1.165, 1.54) is 0 Å². The van der Waals surface area contributed by atoms with Gasteiger partial charge in [0.15, 0.2) is 0 Å². The Hall–Kier alpha value is -0.320. The first-order valence-corrected chi connectivity index (χ1v) is 7.27. The predicted molar refractivity (Wildman–Crippen MR) is 83.5 cm³/mol. The second-order valence-electron chi connectivity index (χ2n) is 4.95. The molecular formula is C14H23Cl2N3. The van der Waals surface area contributed by atoms with Crippen molar-refractivity contribution in [2.75, 3.05) is 14.1 Å². The van der Waals surface area contributed by atoms with Crippen LogP contribution >= 0.6 is 23.2 Å². The molecule has 0 saturated carbocycles. The Kier molecular flexibility index (Phi) is 6.09. The summed E-state index contributed by atoms with van der Waals surface area (Å²) in [6, 6.07) is 5.58. The first kappa shape index (κ1) is 16.7. The molecule has 0 aliphatic heterocycles. The summed E-state index contributed by atoms with van der Waals surface area (Å²) in [5, 5.41) is 1.12. The molecule has 1 atom stereocenters. The largest absolute Gasteiger partial charge is 0.302 e. The second kappa shape index (κ2) is 6.91. The Labute approximate surface area is 126 Å². The number of halogens is 2. The standard InChI is InChI=1S/C14H23Cl2N3/c1-5-14(6-2,19(3)4)13(18-17)10-8-7-9-11(15)12(10)16/h7-9,13,18H,5-6,17H2,1-4H3. The molecule has 19 heavy (non-hydrogen) atoms. The van der Waals surface area contributed by atoms with Crippen LogP contribution in [0.4, 0.5) is 0 Å². The Morgan fingerprint density at radius 2 is 1.84 bits per heavy atom. The minimum absolute atomic E-state index is 0.0799. The summed E-state index contributed by atoms with van der Waals surface area (Å²) >= 11 is 12.5. The van der Waals surface area contributed by atoms with E-state index in [1.807, 2.05) is 12.1 Å². The highest BCUT2D eigenvalue weighted by molar-refractivity contribution is 6.42. The molecule has 1 rings (SSSR count). The van der Waals surface area contributed by atoms with E-state index in [2.05, 4.69) is 38.3 Å². The number of hydrazine groups is 1. The normalized spacial score (nSPS) is 13.9. The molecule has 1 aromatic carbocycles. The minimum atomic E-state index is -0.108. The van der Waals surface area contributed by atoms with Gasteiger partial charge in [-0.2, -0.15) is 0 Å². The molecule has 0 spiro atoms. The van der Waals surface area contributed by atoms with Gasteiger partial charge in [-0.15, -0.1) is 0 Å². The minimum Gasteiger partial charge on any atom is -0.302 e. The molecule has 0 fully saturated rings. The Bertz CT molecular complexity index is 417. The van der Waals surface area contributed by atoms with Crippen LogP contribution in [-0.4, -0.2) is 24.5 Å². The summed E-state index contributed by atoms with van der Waals surface area (Å²) in [5.41, 5.74) is 3.76. The number of hydrogen-bond donors (Lipinski definition) is 2. The van der Waals surface area contributed by atoms with Crippen molar-refractivity contribution < 1.29 is 0 Å². The van der Waals surface area contributed by atoms with E-state index in [4.69, 9.17) is 29.0 Å². The molecule has 0 radical (unpaired) electrons. The third kappa shape index (κ3) is 3.06. The van der Waals surface area contributed by atoms with E-state index in [-0.39, 0.29) is 11.6 Å². The molecule has 0 heterocycles. The lowest BCUT2D eigenvalue weighted by atomic mass is 9.80. The molecule has 0 bridgehead atoms. The highest BCUT2D eigenvalue weighted by Gasteiger charge is 2.39.